The van der Waals surface area contributed by atoms with E-state index in [-0.39, 0.29) is 6.04 Å². The third-order valence-corrected chi connectivity index (χ3v) is 3.45. The largest absolute Gasteiger partial charge is 0.370 e. The van der Waals surface area contributed by atoms with Crippen LogP contribution >= 0.6 is 0 Å². The van der Waals surface area contributed by atoms with Crippen LogP contribution in [0.2, 0.25) is 0 Å². The van der Waals surface area contributed by atoms with Gasteiger partial charge < -0.3 is 10.6 Å². The third kappa shape index (κ3) is 2.14. The Morgan fingerprint density at radius 2 is 2.29 bits per heavy atom. The van der Waals surface area contributed by atoms with E-state index in [0.717, 1.165) is 19.5 Å². The molecule has 2 heterocycles. The maximum atomic E-state index is 5.97. The summed E-state index contributed by atoms with van der Waals surface area (Å²) in [4.78, 5) is 6.57. The highest BCUT2D eigenvalue weighted by Crippen LogP contribution is 2.28. The minimum Gasteiger partial charge on any atom is -0.370 e. The number of nitrogens with zero attached hydrogens (tertiary/aromatic N) is 4. The molecule has 1 aliphatic heterocycles. The molecule has 2 N–H and O–H groups in total. The maximum absolute atomic E-state index is 5.97. The molecule has 0 bridgehead atoms. The Balaban J connectivity index is 2.21. The molecular formula is C12H21N5. The molecule has 1 aliphatic rings. The summed E-state index contributed by atoms with van der Waals surface area (Å²) in [5.41, 5.74) is 7.18. The topological polar surface area (TPSA) is 59.4 Å². The lowest BCUT2D eigenvalue weighted by atomic mass is 10.1. The molecule has 1 aromatic rings. The first-order chi connectivity index (χ1) is 8.17. The lowest BCUT2D eigenvalue weighted by molar-refractivity contribution is 0.268. The highest BCUT2D eigenvalue weighted by Gasteiger charge is 2.31. The lowest BCUT2D eigenvalue weighted by Gasteiger charge is -2.31. The summed E-state index contributed by atoms with van der Waals surface area (Å²) in [6.45, 7) is 8.08. The fraction of sp³-hybridized carbons (Fsp3) is 0.667. The number of aryl methyl sites for hydroxylation is 1. The summed E-state index contributed by atoms with van der Waals surface area (Å²) in [7, 11) is 0. The van der Waals surface area contributed by atoms with E-state index in [9.17, 15) is 0 Å². The average Bonchev–Trinajstić information content (AvgIpc) is 2.94. The van der Waals surface area contributed by atoms with E-state index < -0.39 is 0 Å². The molecule has 0 aromatic carbocycles. The van der Waals surface area contributed by atoms with E-state index in [4.69, 9.17) is 5.73 Å². The van der Waals surface area contributed by atoms with E-state index in [2.05, 4.69) is 42.0 Å². The van der Waals surface area contributed by atoms with Gasteiger partial charge in [0.15, 0.2) is 5.96 Å². The van der Waals surface area contributed by atoms with Gasteiger partial charge in [0, 0.05) is 24.3 Å². The van der Waals surface area contributed by atoms with Crippen molar-refractivity contribution in [2.24, 2.45) is 10.7 Å². The standard InChI is InChI=1S/C12H21N5/c1-4-9(3)17-11(7-14-12(17)13)10-6-15-16(5-2)8-10/h6,8-9,11H,4-5,7H2,1-3H3,(H2,13,14). The molecule has 0 aliphatic carbocycles. The van der Waals surface area contributed by atoms with Crippen LogP contribution in [0, 0.1) is 0 Å². The first kappa shape index (κ1) is 12.0. The highest BCUT2D eigenvalue weighted by atomic mass is 15.3. The zero-order valence-electron chi connectivity index (χ0n) is 10.8. The van der Waals surface area contributed by atoms with Crippen LogP contribution < -0.4 is 5.73 Å². The second-order valence-corrected chi connectivity index (χ2v) is 4.51. The fourth-order valence-electron chi connectivity index (χ4n) is 2.23. The summed E-state index contributed by atoms with van der Waals surface area (Å²) < 4.78 is 1.94. The van der Waals surface area contributed by atoms with Gasteiger partial charge in [-0.1, -0.05) is 6.92 Å². The Labute approximate surface area is 102 Å². The fourth-order valence-corrected chi connectivity index (χ4v) is 2.23. The number of guanidine groups is 1. The van der Waals surface area contributed by atoms with Crippen molar-refractivity contribution in [1.29, 1.82) is 0 Å². The predicted molar refractivity (Wildman–Crippen MR) is 68.7 cm³/mol. The van der Waals surface area contributed by atoms with Crippen molar-refractivity contribution in [2.75, 3.05) is 6.54 Å². The second-order valence-electron chi connectivity index (χ2n) is 4.51. The Hall–Kier alpha value is -1.52. The van der Waals surface area contributed by atoms with Gasteiger partial charge in [-0.15, -0.1) is 0 Å². The summed E-state index contributed by atoms with van der Waals surface area (Å²) in [6, 6.07) is 0.668. The monoisotopic (exact) mass is 235 g/mol. The number of aromatic nitrogens is 2. The SMILES string of the molecule is CCC(C)N1C(N)=NCC1c1cnn(CC)c1. The van der Waals surface area contributed by atoms with Gasteiger partial charge in [0.05, 0.1) is 18.8 Å². The minimum atomic E-state index is 0.255. The molecule has 94 valence electrons. The lowest BCUT2D eigenvalue weighted by Crippen LogP contribution is -2.42. The van der Waals surface area contributed by atoms with Crippen molar-refractivity contribution in [3.8, 4) is 0 Å². The first-order valence-electron chi connectivity index (χ1n) is 6.28. The molecular weight excluding hydrogens is 214 g/mol. The van der Waals surface area contributed by atoms with Crippen molar-refractivity contribution < 1.29 is 0 Å². The van der Waals surface area contributed by atoms with Gasteiger partial charge in [-0.25, -0.2) is 0 Å². The predicted octanol–water partition coefficient (Wildman–Crippen LogP) is 1.37. The van der Waals surface area contributed by atoms with Crippen LogP contribution in [-0.2, 0) is 6.54 Å². The summed E-state index contributed by atoms with van der Waals surface area (Å²) in [5, 5.41) is 4.32. The van der Waals surface area contributed by atoms with E-state index in [1.807, 2.05) is 10.9 Å². The van der Waals surface area contributed by atoms with Crippen molar-refractivity contribution in [1.82, 2.24) is 14.7 Å². The van der Waals surface area contributed by atoms with Gasteiger partial charge in [0.2, 0.25) is 0 Å². The van der Waals surface area contributed by atoms with Gasteiger partial charge in [-0.3, -0.25) is 9.67 Å². The molecule has 0 fully saturated rings. The number of aliphatic imine (C=N–C) groups is 1. The van der Waals surface area contributed by atoms with Crippen LogP contribution in [0.1, 0.15) is 38.8 Å². The molecule has 0 spiro atoms. The number of hydrogen-bond donors (Lipinski definition) is 1. The van der Waals surface area contributed by atoms with Gasteiger partial charge in [-0.05, 0) is 20.3 Å². The second kappa shape index (κ2) is 4.77. The molecule has 17 heavy (non-hydrogen) atoms. The highest BCUT2D eigenvalue weighted by molar-refractivity contribution is 5.80. The average molecular weight is 235 g/mol. The Morgan fingerprint density at radius 1 is 1.53 bits per heavy atom. The molecule has 2 unspecified atom stereocenters. The van der Waals surface area contributed by atoms with Crippen LogP contribution in [0.4, 0.5) is 0 Å². The van der Waals surface area contributed by atoms with Crippen LogP contribution in [-0.4, -0.2) is 33.2 Å². The van der Waals surface area contributed by atoms with E-state index >= 15 is 0 Å². The molecule has 5 nitrogen and oxygen atoms in total. The van der Waals surface area contributed by atoms with E-state index in [1.54, 1.807) is 0 Å². The van der Waals surface area contributed by atoms with Crippen LogP contribution in [0.3, 0.4) is 0 Å². The number of rotatable bonds is 4. The normalized spacial score (nSPS) is 21.7. The zero-order chi connectivity index (χ0) is 12.4. The molecule has 2 rings (SSSR count). The molecule has 5 heteroatoms. The van der Waals surface area contributed by atoms with E-state index in [1.165, 1.54) is 5.56 Å². The van der Waals surface area contributed by atoms with E-state index in [0.29, 0.717) is 12.0 Å². The maximum Gasteiger partial charge on any atom is 0.192 e. The van der Waals surface area contributed by atoms with Crippen molar-refractivity contribution in [2.45, 2.75) is 45.8 Å². The molecule has 0 saturated heterocycles. The van der Waals surface area contributed by atoms with Gasteiger partial charge in [-0.2, -0.15) is 5.10 Å². The third-order valence-electron chi connectivity index (χ3n) is 3.45. The van der Waals surface area contributed by atoms with Crippen molar-refractivity contribution in [3.05, 3.63) is 18.0 Å². The molecule has 1 aromatic heterocycles. The van der Waals surface area contributed by atoms with Crippen LogP contribution in [0.25, 0.3) is 0 Å². The van der Waals surface area contributed by atoms with Crippen LogP contribution in [0.5, 0.6) is 0 Å². The minimum absolute atomic E-state index is 0.255. The summed E-state index contributed by atoms with van der Waals surface area (Å²) in [5.74, 6) is 0.661. The van der Waals surface area contributed by atoms with Gasteiger partial charge in [0.1, 0.15) is 0 Å². The zero-order valence-corrected chi connectivity index (χ0v) is 10.8. The first-order valence-corrected chi connectivity index (χ1v) is 6.28. The van der Waals surface area contributed by atoms with Crippen molar-refractivity contribution >= 4 is 5.96 Å². The van der Waals surface area contributed by atoms with Gasteiger partial charge >= 0.3 is 0 Å². The Morgan fingerprint density at radius 3 is 2.88 bits per heavy atom. The quantitative estimate of drug-likeness (QED) is 0.857. The number of nitrogens with two attached hydrogens (primary N) is 1. The van der Waals surface area contributed by atoms with Gasteiger partial charge in [0.25, 0.3) is 0 Å². The molecule has 0 saturated carbocycles. The van der Waals surface area contributed by atoms with Crippen LogP contribution in [0.15, 0.2) is 17.4 Å². The molecule has 0 radical (unpaired) electrons. The molecule has 2 atom stereocenters. The Bertz CT molecular complexity index is 409. The molecule has 0 amide bonds. The van der Waals surface area contributed by atoms with Crippen molar-refractivity contribution in [3.63, 3.8) is 0 Å². The smallest absolute Gasteiger partial charge is 0.192 e. The Kier molecular flexibility index (Phi) is 3.36. The summed E-state index contributed by atoms with van der Waals surface area (Å²) in [6.07, 6.45) is 5.08. The number of hydrogen-bond acceptors (Lipinski definition) is 4. The summed E-state index contributed by atoms with van der Waals surface area (Å²) >= 11 is 0.